The number of hydrogen-bond acceptors (Lipinski definition) is 11. The molecule has 0 saturated carbocycles. The zero-order chi connectivity index (χ0) is 63.6. The molecular formula is C83H51B3N4O5S2. The van der Waals surface area contributed by atoms with Crippen LogP contribution >= 0.6 is 22.7 Å². The van der Waals surface area contributed by atoms with Gasteiger partial charge in [0.2, 0.25) is 0 Å². The van der Waals surface area contributed by atoms with Gasteiger partial charge in [-0.1, -0.05) is 146 Å². The van der Waals surface area contributed by atoms with Gasteiger partial charge < -0.3 is 43.3 Å². The third-order valence-corrected chi connectivity index (χ3v) is 22.5. The summed E-state index contributed by atoms with van der Waals surface area (Å²) in [7, 11) is 2.20. The van der Waals surface area contributed by atoms with Crippen LogP contribution in [0.15, 0.2) is 291 Å². The smallest absolute Gasteiger partial charge is 0.273 e. The van der Waals surface area contributed by atoms with Gasteiger partial charge in [0.15, 0.2) is 0 Å². The minimum absolute atomic E-state index is 0.184. The predicted molar refractivity (Wildman–Crippen MR) is 402 cm³/mol. The highest BCUT2D eigenvalue weighted by Crippen LogP contribution is 2.51. The maximum atomic E-state index is 7.60. The highest BCUT2D eigenvalue weighted by atomic mass is 32.1. The van der Waals surface area contributed by atoms with Crippen molar-refractivity contribution in [3.8, 4) is 57.5 Å². The van der Waals surface area contributed by atoms with E-state index < -0.39 is 0 Å². The van der Waals surface area contributed by atoms with E-state index in [2.05, 4.69) is 318 Å². The molecule has 454 valence electrons. The Labute approximate surface area is 568 Å². The minimum atomic E-state index is -0.347. The first kappa shape index (κ1) is 54.6. The van der Waals surface area contributed by atoms with E-state index in [1.54, 1.807) is 11.3 Å². The lowest BCUT2D eigenvalue weighted by Gasteiger charge is -2.41. The highest BCUT2D eigenvalue weighted by molar-refractivity contribution is 7.34. The monoisotopic (exact) mass is 1280 g/mol. The van der Waals surface area contributed by atoms with Crippen LogP contribution in [0.4, 0.5) is 62.6 Å². The molecule has 0 N–H and O–H groups in total. The Balaban J connectivity index is 0.792. The maximum absolute atomic E-state index is 7.60. The van der Waals surface area contributed by atoms with E-state index in [0.717, 1.165) is 162 Å². The van der Waals surface area contributed by atoms with Crippen molar-refractivity contribution in [2.24, 2.45) is 0 Å². The molecule has 0 aliphatic carbocycles. The molecule has 0 unspecified atom stereocenters. The Hall–Kier alpha value is -11.8. The zero-order valence-electron chi connectivity index (χ0n) is 52.1. The van der Waals surface area contributed by atoms with Crippen LogP contribution in [-0.4, -0.2) is 27.2 Å². The van der Waals surface area contributed by atoms with Crippen LogP contribution in [0.3, 0.4) is 0 Å². The Morgan fingerprint density at radius 1 is 0.268 bits per heavy atom. The number of nitrogens with zero attached hydrogens (tertiary/aromatic N) is 4. The van der Waals surface area contributed by atoms with Crippen molar-refractivity contribution in [3.63, 3.8) is 0 Å². The van der Waals surface area contributed by atoms with Gasteiger partial charge in [-0.15, -0.1) is 22.7 Å². The number of ether oxygens (including phenoxy) is 5. The zero-order valence-corrected chi connectivity index (χ0v) is 53.7. The molecule has 6 aliphatic rings. The molecule has 6 aliphatic heterocycles. The number of rotatable bonds is 9. The van der Waals surface area contributed by atoms with Crippen LogP contribution in [0.1, 0.15) is 0 Å². The molecule has 2 aromatic heterocycles. The SMILES string of the molecule is CN1c2cc3c(cc2B2c4sc5ccccc5c4Oc4cc(N(c5ccccc5)c5ccccc5)cc1c42)B1c2cc4c(cc2Oc2cc(N(c5ccccc5)c5ccccc5)cc(c21)O3)Oc1cc(N(c2ccccc2)c2ccccc2)cc2c1B4c1sc3ccccc3c1O2. The fourth-order valence-electron chi connectivity index (χ4n) is 15.9. The van der Waals surface area contributed by atoms with Crippen molar-refractivity contribution in [2.75, 3.05) is 26.6 Å². The van der Waals surface area contributed by atoms with Crippen LogP contribution in [0.2, 0.25) is 0 Å². The molecule has 0 spiro atoms. The quantitative estimate of drug-likeness (QED) is 0.132. The molecule has 9 nitrogen and oxygen atoms in total. The molecular weight excluding hydrogens is 1230 g/mol. The van der Waals surface area contributed by atoms with Crippen molar-refractivity contribution in [1.82, 2.24) is 0 Å². The van der Waals surface area contributed by atoms with Crippen molar-refractivity contribution in [2.45, 2.75) is 0 Å². The third-order valence-electron chi connectivity index (χ3n) is 20.0. The molecule has 14 heteroatoms. The largest absolute Gasteiger partial charge is 0.458 e. The number of benzene rings is 13. The van der Waals surface area contributed by atoms with Crippen molar-refractivity contribution in [1.29, 1.82) is 0 Å². The van der Waals surface area contributed by atoms with E-state index in [9.17, 15) is 0 Å². The molecule has 0 saturated heterocycles. The summed E-state index contributed by atoms with van der Waals surface area (Å²) in [6.45, 7) is -0.772. The number of anilines is 11. The third kappa shape index (κ3) is 8.27. The predicted octanol–water partition coefficient (Wildman–Crippen LogP) is 16.7. The molecule has 0 fully saturated rings. The van der Waals surface area contributed by atoms with Crippen LogP contribution in [0, 0.1) is 0 Å². The van der Waals surface area contributed by atoms with Gasteiger partial charge in [0, 0.05) is 136 Å². The van der Waals surface area contributed by atoms with Gasteiger partial charge in [0.05, 0.1) is 17.1 Å². The van der Waals surface area contributed by atoms with E-state index in [0.29, 0.717) is 11.5 Å². The Morgan fingerprint density at radius 2 is 0.588 bits per heavy atom. The van der Waals surface area contributed by atoms with Gasteiger partial charge in [0.1, 0.15) is 57.5 Å². The molecule has 97 heavy (non-hydrogen) atoms. The molecule has 0 atom stereocenters. The number of para-hydroxylation sites is 6. The summed E-state index contributed by atoms with van der Waals surface area (Å²) in [4.78, 5) is 9.24. The average molecular weight is 1280 g/mol. The second-order valence-electron chi connectivity index (χ2n) is 25.4. The lowest BCUT2D eigenvalue weighted by molar-refractivity contribution is 0.453. The Morgan fingerprint density at radius 3 is 1.01 bits per heavy atom. The van der Waals surface area contributed by atoms with E-state index in [-0.39, 0.29) is 20.1 Å². The van der Waals surface area contributed by atoms with E-state index in [1.807, 2.05) is 11.3 Å². The van der Waals surface area contributed by atoms with E-state index in [1.165, 1.54) is 14.9 Å². The first-order chi connectivity index (χ1) is 48.0. The normalized spacial score (nSPS) is 13.3. The van der Waals surface area contributed by atoms with Gasteiger partial charge in [0.25, 0.3) is 20.1 Å². The molecule has 0 amide bonds. The van der Waals surface area contributed by atoms with Crippen molar-refractivity contribution < 1.29 is 23.7 Å². The van der Waals surface area contributed by atoms with Crippen LogP contribution in [0.5, 0.6) is 57.5 Å². The molecule has 8 heterocycles. The summed E-state index contributed by atoms with van der Waals surface area (Å²) >= 11 is 3.62. The Kier molecular flexibility index (Phi) is 11.9. The summed E-state index contributed by atoms with van der Waals surface area (Å²) in [5.41, 5.74) is 18.4. The number of fused-ring (bicyclic) bond motifs is 16. The fraction of sp³-hybridized carbons (Fsp3) is 0.0120. The first-order valence-corrected chi connectivity index (χ1v) is 34.4. The topological polar surface area (TPSA) is 59.1 Å². The second kappa shape index (κ2) is 21.1. The summed E-state index contributed by atoms with van der Waals surface area (Å²) in [5.74, 6) is 7.75. The van der Waals surface area contributed by atoms with Crippen molar-refractivity contribution in [3.05, 3.63) is 291 Å². The average Bonchev–Trinajstić information content (AvgIpc) is 1.59. The van der Waals surface area contributed by atoms with Gasteiger partial charge in [-0.05, 0) is 130 Å². The fourth-order valence-corrected chi connectivity index (χ4v) is 18.4. The molecule has 15 aromatic rings. The van der Waals surface area contributed by atoms with Crippen LogP contribution < -0.4 is 91.1 Å². The van der Waals surface area contributed by atoms with Crippen LogP contribution in [0.25, 0.3) is 20.2 Å². The molecule has 0 bridgehead atoms. The van der Waals surface area contributed by atoms with E-state index >= 15 is 0 Å². The number of thiophene rings is 2. The van der Waals surface area contributed by atoms with Gasteiger partial charge >= 0.3 is 0 Å². The lowest BCUT2D eigenvalue weighted by Crippen LogP contribution is -2.63. The lowest BCUT2D eigenvalue weighted by atomic mass is 9.31. The molecule has 0 radical (unpaired) electrons. The second-order valence-corrected chi connectivity index (χ2v) is 27.6. The molecule has 21 rings (SSSR count). The summed E-state index contributed by atoms with van der Waals surface area (Å²) in [5, 5.41) is 2.19. The van der Waals surface area contributed by atoms with Gasteiger partial charge in [-0.3, -0.25) is 0 Å². The first-order valence-electron chi connectivity index (χ1n) is 32.8. The highest BCUT2D eigenvalue weighted by Gasteiger charge is 2.50. The Bertz CT molecular complexity index is 5650. The summed E-state index contributed by atoms with van der Waals surface area (Å²) < 4.78 is 41.9. The minimum Gasteiger partial charge on any atom is -0.458 e. The standard InChI is InChI=1S/C83H51B3N4O5S2/c1-87-65-48-67-62(46-61(65)85-77-66(87)40-56(88(50-24-8-2-9-25-50)51-26-10-3-11-27-51)41-70(77)94-80-59-36-20-22-38-75(59)96-82(80)85)84-63-47-64-69(49-68(63)92-72-43-57(42-71(91-67)78(72)84)89(52-28-12-4-13-29-52)53-30-14-5-15-31-53)93-73-44-58(90(54-32-16-6-17-33-54)55-34-18-7-19-35-55)45-74-79(73)86(64)83-81(95-74)60-37-21-23-39-76(60)97-83/h2-49H,1H3. The van der Waals surface area contributed by atoms with E-state index in [4.69, 9.17) is 23.7 Å². The van der Waals surface area contributed by atoms with Gasteiger partial charge in [-0.25, -0.2) is 0 Å². The summed E-state index contributed by atoms with van der Waals surface area (Å²) in [6, 6.07) is 103. The number of hydrogen-bond donors (Lipinski definition) is 0. The van der Waals surface area contributed by atoms with Gasteiger partial charge in [-0.2, -0.15) is 0 Å². The van der Waals surface area contributed by atoms with Crippen LogP contribution in [-0.2, 0) is 0 Å². The maximum Gasteiger partial charge on any atom is 0.273 e. The van der Waals surface area contributed by atoms with Crippen molar-refractivity contribution >= 4 is 173 Å². The summed E-state index contributed by atoms with van der Waals surface area (Å²) in [6.07, 6.45) is 0. The molecule has 13 aromatic carbocycles.